The Labute approximate surface area is 46.6 Å². The molecule has 0 aromatic carbocycles. The summed E-state index contributed by atoms with van der Waals surface area (Å²) in [4.78, 5) is 20.6. The van der Waals surface area contributed by atoms with Crippen molar-refractivity contribution in [2.24, 2.45) is 5.92 Å². The summed E-state index contributed by atoms with van der Waals surface area (Å²) < 4.78 is 4.39. The van der Waals surface area contributed by atoms with Gasteiger partial charge in [0.05, 0.1) is 5.92 Å². The number of hydrogen-bond acceptors (Lipinski definition) is 3. The van der Waals surface area contributed by atoms with Crippen molar-refractivity contribution < 1.29 is 14.3 Å². The molecular weight excluding hydrogens is 108 g/mol. The number of cyclic esters (lactones) is 1. The average Bonchev–Trinajstić information content (AvgIpc) is 1.98. The van der Waals surface area contributed by atoms with Gasteiger partial charge in [-0.05, 0) is 0 Å². The third kappa shape index (κ3) is 0.598. The zero-order valence-electron chi connectivity index (χ0n) is 4.51. The lowest BCUT2D eigenvalue weighted by atomic mass is 10.1. The van der Waals surface area contributed by atoms with Crippen LogP contribution in [0.3, 0.4) is 0 Å². The third-order valence-electron chi connectivity index (χ3n) is 1.11. The Morgan fingerprint density at radius 1 is 1.62 bits per heavy atom. The quantitative estimate of drug-likeness (QED) is 0.322. The number of rotatable bonds is 0. The Morgan fingerprint density at radius 3 is 2.38 bits per heavy atom. The van der Waals surface area contributed by atoms with Gasteiger partial charge >= 0.3 is 5.97 Å². The van der Waals surface area contributed by atoms with E-state index in [-0.39, 0.29) is 12.5 Å². The van der Waals surface area contributed by atoms with Crippen molar-refractivity contribution in [3.8, 4) is 0 Å². The number of hydrogen-bond donors (Lipinski definition) is 0. The van der Waals surface area contributed by atoms with Gasteiger partial charge in [0.2, 0.25) is 5.78 Å². The fraction of sp³-hybridized carbons (Fsp3) is 0.600. The van der Waals surface area contributed by atoms with Crippen LogP contribution in [0.4, 0.5) is 0 Å². The molecule has 0 saturated carbocycles. The van der Waals surface area contributed by atoms with E-state index in [1.807, 2.05) is 0 Å². The van der Waals surface area contributed by atoms with Gasteiger partial charge < -0.3 is 4.74 Å². The van der Waals surface area contributed by atoms with Crippen LogP contribution in [-0.4, -0.2) is 18.4 Å². The van der Waals surface area contributed by atoms with Gasteiger partial charge in [-0.3, -0.25) is 4.79 Å². The molecular formula is C5H6O3. The molecule has 8 heavy (non-hydrogen) atoms. The number of ketones is 1. The summed E-state index contributed by atoms with van der Waals surface area (Å²) in [7, 11) is 0. The molecule has 1 heterocycles. The van der Waals surface area contributed by atoms with Crippen LogP contribution < -0.4 is 0 Å². The number of carbonyl (C=O) groups is 2. The van der Waals surface area contributed by atoms with Crippen molar-refractivity contribution in [3.05, 3.63) is 0 Å². The zero-order valence-corrected chi connectivity index (χ0v) is 4.51. The molecule has 3 nitrogen and oxygen atoms in total. The van der Waals surface area contributed by atoms with Crippen LogP contribution >= 0.6 is 0 Å². The molecule has 1 rings (SSSR count). The van der Waals surface area contributed by atoms with Crippen molar-refractivity contribution in [1.82, 2.24) is 0 Å². The fourth-order valence-corrected chi connectivity index (χ4v) is 0.549. The lowest BCUT2D eigenvalue weighted by molar-refractivity contribution is -0.147. The number of carbonyl (C=O) groups excluding carboxylic acids is 2. The first-order valence-electron chi connectivity index (χ1n) is 2.43. The highest BCUT2D eigenvalue weighted by molar-refractivity contribution is 6.35. The molecule has 1 aliphatic heterocycles. The van der Waals surface area contributed by atoms with Gasteiger partial charge in [-0.15, -0.1) is 0 Å². The molecule has 0 aromatic rings. The second-order valence-corrected chi connectivity index (χ2v) is 1.86. The predicted octanol–water partition coefficient (Wildman–Crippen LogP) is -0.252. The molecule has 1 fully saturated rings. The Morgan fingerprint density at radius 2 is 2.25 bits per heavy atom. The summed E-state index contributed by atoms with van der Waals surface area (Å²) in [6.07, 6.45) is 0. The standard InChI is InChI=1S/C5H6O3/c1-3-2-8-5(7)4(3)6/h3H,2H2,1H3. The predicted molar refractivity (Wildman–Crippen MR) is 25.1 cm³/mol. The van der Waals surface area contributed by atoms with Crippen LogP contribution in [0.2, 0.25) is 0 Å². The highest BCUT2D eigenvalue weighted by Gasteiger charge is 2.30. The van der Waals surface area contributed by atoms with Gasteiger partial charge in [-0.2, -0.15) is 0 Å². The molecule has 44 valence electrons. The fourth-order valence-electron chi connectivity index (χ4n) is 0.549. The minimum atomic E-state index is -0.683. The summed E-state index contributed by atoms with van der Waals surface area (Å²) in [6.45, 7) is 1.94. The molecule has 0 aromatic heterocycles. The average molecular weight is 114 g/mol. The Hall–Kier alpha value is -0.860. The summed E-state index contributed by atoms with van der Waals surface area (Å²) in [5.74, 6) is -1.30. The van der Waals surface area contributed by atoms with E-state index in [0.717, 1.165) is 0 Å². The molecule has 0 radical (unpaired) electrons. The molecule has 1 unspecified atom stereocenters. The maximum absolute atomic E-state index is 10.4. The largest absolute Gasteiger partial charge is 0.459 e. The summed E-state index contributed by atoms with van der Waals surface area (Å²) >= 11 is 0. The van der Waals surface area contributed by atoms with E-state index in [9.17, 15) is 9.59 Å². The van der Waals surface area contributed by atoms with E-state index >= 15 is 0 Å². The molecule has 0 amide bonds. The first kappa shape index (κ1) is 5.28. The molecule has 1 saturated heterocycles. The first-order valence-corrected chi connectivity index (χ1v) is 2.43. The summed E-state index contributed by atoms with van der Waals surface area (Å²) in [5.41, 5.74) is 0. The van der Waals surface area contributed by atoms with E-state index in [1.54, 1.807) is 6.92 Å². The Bertz CT molecular complexity index is 139. The van der Waals surface area contributed by atoms with Gasteiger partial charge in [0.15, 0.2) is 0 Å². The second-order valence-electron chi connectivity index (χ2n) is 1.86. The van der Waals surface area contributed by atoms with Crippen molar-refractivity contribution in [2.45, 2.75) is 6.92 Å². The van der Waals surface area contributed by atoms with Crippen LogP contribution in [0.5, 0.6) is 0 Å². The van der Waals surface area contributed by atoms with Gasteiger partial charge in [-0.25, -0.2) is 4.79 Å². The molecule has 3 heteroatoms. The number of Topliss-reactive ketones (excluding diaryl/α,β-unsaturated/α-hetero) is 1. The first-order chi connectivity index (χ1) is 3.72. The molecule has 1 aliphatic rings. The van der Waals surface area contributed by atoms with Gasteiger partial charge in [0, 0.05) is 0 Å². The van der Waals surface area contributed by atoms with Gasteiger partial charge in [0.25, 0.3) is 0 Å². The smallest absolute Gasteiger partial charge is 0.375 e. The lowest BCUT2D eigenvalue weighted by Crippen LogP contribution is -2.10. The maximum atomic E-state index is 10.4. The van der Waals surface area contributed by atoms with Crippen LogP contribution in [0.25, 0.3) is 0 Å². The number of ether oxygens (including phenoxy) is 1. The van der Waals surface area contributed by atoms with E-state index in [2.05, 4.69) is 4.74 Å². The SMILES string of the molecule is CC1COC(=O)C1=O. The molecule has 0 spiro atoms. The molecule has 0 bridgehead atoms. The monoisotopic (exact) mass is 114 g/mol. The van der Waals surface area contributed by atoms with E-state index in [0.29, 0.717) is 0 Å². The number of esters is 1. The molecule has 0 aliphatic carbocycles. The Balaban J connectivity index is 2.71. The maximum Gasteiger partial charge on any atom is 0.375 e. The lowest BCUT2D eigenvalue weighted by Gasteiger charge is -1.86. The second kappa shape index (κ2) is 1.58. The summed E-state index contributed by atoms with van der Waals surface area (Å²) in [5, 5.41) is 0. The van der Waals surface area contributed by atoms with Gasteiger partial charge in [0.1, 0.15) is 6.61 Å². The minimum Gasteiger partial charge on any atom is -0.459 e. The third-order valence-corrected chi connectivity index (χ3v) is 1.11. The zero-order chi connectivity index (χ0) is 6.15. The summed E-state index contributed by atoms with van der Waals surface area (Å²) in [6, 6.07) is 0. The molecule has 0 N–H and O–H groups in total. The van der Waals surface area contributed by atoms with Crippen molar-refractivity contribution in [3.63, 3.8) is 0 Å². The van der Waals surface area contributed by atoms with Crippen LogP contribution in [-0.2, 0) is 14.3 Å². The molecule has 1 atom stereocenters. The topological polar surface area (TPSA) is 43.4 Å². The Kier molecular flexibility index (Phi) is 1.04. The van der Waals surface area contributed by atoms with Crippen molar-refractivity contribution >= 4 is 11.8 Å². The normalized spacial score (nSPS) is 28.4. The highest BCUT2D eigenvalue weighted by Crippen LogP contribution is 2.07. The van der Waals surface area contributed by atoms with Gasteiger partial charge in [-0.1, -0.05) is 6.92 Å². The van der Waals surface area contributed by atoms with Crippen LogP contribution in [0.15, 0.2) is 0 Å². The van der Waals surface area contributed by atoms with Crippen molar-refractivity contribution in [1.29, 1.82) is 0 Å². The van der Waals surface area contributed by atoms with E-state index in [4.69, 9.17) is 0 Å². The van der Waals surface area contributed by atoms with E-state index < -0.39 is 11.8 Å². The van der Waals surface area contributed by atoms with Crippen molar-refractivity contribution in [2.75, 3.05) is 6.61 Å². The highest BCUT2D eigenvalue weighted by atomic mass is 16.5. The minimum absolute atomic E-state index is 0.220. The van der Waals surface area contributed by atoms with Crippen LogP contribution in [0, 0.1) is 5.92 Å². The van der Waals surface area contributed by atoms with E-state index in [1.165, 1.54) is 0 Å². The van der Waals surface area contributed by atoms with Crippen LogP contribution in [0.1, 0.15) is 6.92 Å².